The van der Waals surface area contributed by atoms with Gasteiger partial charge in [0.15, 0.2) is 0 Å². The first kappa shape index (κ1) is 18.4. The van der Waals surface area contributed by atoms with Crippen molar-refractivity contribution in [1.29, 1.82) is 0 Å². The molecule has 0 fully saturated rings. The molecule has 0 spiro atoms. The van der Waals surface area contributed by atoms with Crippen molar-refractivity contribution in [2.24, 2.45) is 5.14 Å². The van der Waals surface area contributed by atoms with Crippen LogP contribution >= 0.6 is 0 Å². The number of rotatable bonds is 7. The Kier molecular flexibility index (Phi) is 5.99. The molecule has 24 heavy (non-hydrogen) atoms. The molecule has 0 amide bonds. The maximum atomic E-state index is 11.4. The molecule has 0 bridgehead atoms. The summed E-state index contributed by atoms with van der Waals surface area (Å²) in [7, 11) is 0.436. The molecule has 2 aromatic rings. The molecule has 0 aliphatic carbocycles. The summed E-state index contributed by atoms with van der Waals surface area (Å²) in [6.45, 7) is 3.88. The highest BCUT2D eigenvalue weighted by Crippen LogP contribution is 2.27. The summed E-state index contributed by atoms with van der Waals surface area (Å²) in [5.74, 6) is 0. The minimum atomic E-state index is -3.67. The Bertz CT molecular complexity index is 754. The van der Waals surface area contributed by atoms with E-state index in [0.717, 1.165) is 30.9 Å². The van der Waals surface area contributed by atoms with E-state index in [0.29, 0.717) is 0 Å². The Morgan fingerprint density at radius 3 is 1.83 bits per heavy atom. The molecule has 5 nitrogen and oxygen atoms in total. The molecule has 2 N–H and O–H groups in total. The van der Waals surface area contributed by atoms with Crippen molar-refractivity contribution in [2.75, 3.05) is 32.1 Å². The summed E-state index contributed by atoms with van der Waals surface area (Å²) >= 11 is 0. The number of nitrogens with zero attached hydrogens (tertiary/aromatic N) is 2. The highest BCUT2D eigenvalue weighted by atomic mass is 32.2. The van der Waals surface area contributed by atoms with E-state index in [9.17, 15) is 8.42 Å². The van der Waals surface area contributed by atoms with Crippen molar-refractivity contribution in [3.63, 3.8) is 0 Å². The van der Waals surface area contributed by atoms with Gasteiger partial charge in [-0.05, 0) is 70.4 Å². The fourth-order valence-electron chi connectivity index (χ4n) is 2.49. The first-order valence-electron chi connectivity index (χ1n) is 7.89. The maximum Gasteiger partial charge on any atom is 0.238 e. The molecule has 2 rings (SSSR count). The van der Waals surface area contributed by atoms with Gasteiger partial charge in [0.05, 0.1) is 4.90 Å². The van der Waals surface area contributed by atoms with Gasteiger partial charge in [0, 0.05) is 17.9 Å². The number of hydrogen-bond donors (Lipinski definition) is 1. The molecule has 0 radical (unpaired) electrons. The average Bonchev–Trinajstić information content (AvgIpc) is 2.52. The fraction of sp³-hybridized carbons (Fsp3) is 0.333. The van der Waals surface area contributed by atoms with Gasteiger partial charge in [-0.15, -0.1) is 0 Å². The SMILES string of the molecule is Cc1ccc(N(CCCN(C)C)c2ccc(S(N)(=O)=O)cc2)cc1. The zero-order chi connectivity index (χ0) is 17.7. The molecule has 0 aliphatic rings. The van der Waals surface area contributed by atoms with Gasteiger partial charge < -0.3 is 9.80 Å². The van der Waals surface area contributed by atoms with Gasteiger partial charge in [-0.1, -0.05) is 17.7 Å². The topological polar surface area (TPSA) is 66.6 Å². The predicted molar refractivity (Wildman–Crippen MR) is 99.2 cm³/mol. The molecule has 0 unspecified atom stereocenters. The number of primary sulfonamides is 1. The average molecular weight is 347 g/mol. The Balaban J connectivity index is 2.29. The molecule has 0 atom stereocenters. The van der Waals surface area contributed by atoms with Crippen LogP contribution in [0.5, 0.6) is 0 Å². The third kappa shape index (κ3) is 5.06. The molecule has 0 saturated carbocycles. The van der Waals surface area contributed by atoms with Crippen molar-refractivity contribution in [1.82, 2.24) is 4.90 Å². The van der Waals surface area contributed by atoms with E-state index >= 15 is 0 Å². The summed E-state index contributed by atoms with van der Waals surface area (Å²) in [6.07, 6.45) is 0.998. The van der Waals surface area contributed by atoms with E-state index in [1.54, 1.807) is 24.3 Å². The molecule has 2 aromatic carbocycles. The van der Waals surface area contributed by atoms with Crippen molar-refractivity contribution in [3.8, 4) is 0 Å². The second kappa shape index (κ2) is 7.79. The molecule has 0 aliphatic heterocycles. The molecular formula is C18H25N3O2S. The van der Waals surface area contributed by atoms with Crippen molar-refractivity contribution < 1.29 is 8.42 Å². The number of nitrogens with two attached hydrogens (primary N) is 1. The van der Waals surface area contributed by atoms with Gasteiger partial charge in [0.2, 0.25) is 10.0 Å². The molecule has 130 valence electrons. The molecule has 0 heterocycles. The Hall–Kier alpha value is -1.89. The lowest BCUT2D eigenvalue weighted by Gasteiger charge is -2.26. The molecular weight excluding hydrogens is 322 g/mol. The lowest BCUT2D eigenvalue weighted by molar-refractivity contribution is 0.402. The van der Waals surface area contributed by atoms with Crippen LogP contribution in [0.15, 0.2) is 53.4 Å². The van der Waals surface area contributed by atoms with Gasteiger partial charge in [0.25, 0.3) is 0 Å². The van der Waals surface area contributed by atoms with E-state index < -0.39 is 10.0 Å². The van der Waals surface area contributed by atoms with Crippen LogP contribution in [0.25, 0.3) is 0 Å². The molecule has 0 saturated heterocycles. The van der Waals surface area contributed by atoms with Gasteiger partial charge in [0.1, 0.15) is 0 Å². The van der Waals surface area contributed by atoms with Crippen LogP contribution < -0.4 is 10.0 Å². The van der Waals surface area contributed by atoms with E-state index in [4.69, 9.17) is 5.14 Å². The Morgan fingerprint density at radius 2 is 1.38 bits per heavy atom. The van der Waals surface area contributed by atoms with Crippen LogP contribution in [0.4, 0.5) is 11.4 Å². The van der Waals surface area contributed by atoms with Crippen molar-refractivity contribution >= 4 is 21.4 Å². The summed E-state index contributed by atoms with van der Waals surface area (Å²) in [6, 6.07) is 15.0. The summed E-state index contributed by atoms with van der Waals surface area (Å²) in [4.78, 5) is 4.47. The maximum absolute atomic E-state index is 11.4. The lowest BCUT2D eigenvalue weighted by Crippen LogP contribution is -2.23. The van der Waals surface area contributed by atoms with Crippen LogP contribution in [-0.4, -0.2) is 40.5 Å². The highest BCUT2D eigenvalue weighted by Gasteiger charge is 2.12. The Labute approximate surface area is 144 Å². The first-order valence-corrected chi connectivity index (χ1v) is 9.44. The number of sulfonamides is 1. The standard InChI is InChI=1S/C18H25N3O2S/c1-15-5-7-16(8-6-15)21(14-4-13-20(2)3)17-9-11-18(12-10-17)24(19,22)23/h5-12H,4,13-14H2,1-3H3,(H2,19,22,23). The number of hydrogen-bond acceptors (Lipinski definition) is 4. The third-order valence-corrected chi connectivity index (χ3v) is 4.74. The van der Waals surface area contributed by atoms with Gasteiger partial charge >= 0.3 is 0 Å². The normalized spacial score (nSPS) is 11.7. The minimum Gasteiger partial charge on any atom is -0.341 e. The van der Waals surface area contributed by atoms with Gasteiger partial charge in [-0.2, -0.15) is 0 Å². The highest BCUT2D eigenvalue weighted by molar-refractivity contribution is 7.89. The lowest BCUT2D eigenvalue weighted by atomic mass is 10.2. The quantitative estimate of drug-likeness (QED) is 0.836. The summed E-state index contributed by atoms with van der Waals surface area (Å²) in [5, 5.41) is 5.18. The van der Waals surface area contributed by atoms with E-state index in [1.165, 1.54) is 5.56 Å². The van der Waals surface area contributed by atoms with Crippen LogP contribution in [-0.2, 0) is 10.0 Å². The number of aryl methyl sites for hydroxylation is 1. The van der Waals surface area contributed by atoms with E-state index in [-0.39, 0.29) is 4.90 Å². The largest absolute Gasteiger partial charge is 0.341 e. The van der Waals surface area contributed by atoms with E-state index in [2.05, 4.69) is 55.1 Å². The van der Waals surface area contributed by atoms with Crippen LogP contribution in [0.1, 0.15) is 12.0 Å². The first-order chi connectivity index (χ1) is 11.3. The zero-order valence-electron chi connectivity index (χ0n) is 14.4. The summed E-state index contributed by atoms with van der Waals surface area (Å²) in [5.41, 5.74) is 3.24. The number of anilines is 2. The zero-order valence-corrected chi connectivity index (χ0v) is 15.3. The van der Waals surface area contributed by atoms with Crippen LogP contribution in [0.3, 0.4) is 0 Å². The molecule has 6 heteroatoms. The van der Waals surface area contributed by atoms with Gasteiger partial charge in [-0.25, -0.2) is 13.6 Å². The summed E-state index contributed by atoms with van der Waals surface area (Å²) < 4.78 is 22.9. The second-order valence-electron chi connectivity index (χ2n) is 6.18. The smallest absolute Gasteiger partial charge is 0.238 e. The monoisotopic (exact) mass is 347 g/mol. The second-order valence-corrected chi connectivity index (χ2v) is 7.74. The van der Waals surface area contributed by atoms with Gasteiger partial charge in [-0.3, -0.25) is 0 Å². The molecule has 0 aromatic heterocycles. The van der Waals surface area contributed by atoms with Crippen molar-refractivity contribution in [2.45, 2.75) is 18.2 Å². The fourth-order valence-corrected chi connectivity index (χ4v) is 3.01. The predicted octanol–water partition coefficient (Wildman–Crippen LogP) is 2.73. The van der Waals surface area contributed by atoms with Crippen LogP contribution in [0, 0.1) is 6.92 Å². The van der Waals surface area contributed by atoms with Crippen molar-refractivity contribution in [3.05, 3.63) is 54.1 Å². The van der Waals surface area contributed by atoms with E-state index in [1.807, 2.05) is 0 Å². The minimum absolute atomic E-state index is 0.128. The van der Waals surface area contributed by atoms with Crippen LogP contribution in [0.2, 0.25) is 0 Å². The third-order valence-electron chi connectivity index (χ3n) is 3.81. The Morgan fingerprint density at radius 1 is 0.875 bits per heavy atom. The number of benzene rings is 2.